The third-order valence-electron chi connectivity index (χ3n) is 2.90. The van der Waals surface area contributed by atoms with E-state index in [1.165, 1.54) is 0 Å². The monoisotopic (exact) mass is 200 g/mol. The predicted octanol–water partition coefficient (Wildman–Crippen LogP) is -0.175. The minimum Gasteiger partial charge on any atom is -0.393 e. The van der Waals surface area contributed by atoms with E-state index in [4.69, 9.17) is 0 Å². The molecular weight excluding hydrogens is 180 g/mol. The van der Waals surface area contributed by atoms with E-state index in [0.717, 1.165) is 25.9 Å². The molecule has 1 aliphatic rings. The fourth-order valence-corrected chi connectivity index (χ4v) is 1.89. The molecule has 4 heteroatoms. The highest BCUT2D eigenvalue weighted by atomic mass is 16.3. The number of nitrogens with one attached hydrogen (secondary N) is 1. The lowest BCUT2D eigenvalue weighted by atomic mass is 9.92. The van der Waals surface area contributed by atoms with Crippen LogP contribution in [-0.4, -0.2) is 48.7 Å². The van der Waals surface area contributed by atoms with Crippen LogP contribution in [0.15, 0.2) is 0 Å². The molecule has 0 saturated carbocycles. The van der Waals surface area contributed by atoms with Crippen molar-refractivity contribution < 1.29 is 9.90 Å². The van der Waals surface area contributed by atoms with Crippen LogP contribution in [0.2, 0.25) is 0 Å². The molecule has 0 bridgehead atoms. The Morgan fingerprint density at radius 2 is 2.14 bits per heavy atom. The van der Waals surface area contributed by atoms with E-state index >= 15 is 0 Å². The largest absolute Gasteiger partial charge is 0.393 e. The number of carbonyl (C=O) groups excluding carboxylic acids is 1. The average molecular weight is 200 g/mol. The predicted molar refractivity (Wildman–Crippen MR) is 54.9 cm³/mol. The average Bonchev–Trinajstić information content (AvgIpc) is 2.18. The third kappa shape index (κ3) is 2.96. The first-order chi connectivity index (χ1) is 6.65. The van der Waals surface area contributed by atoms with Gasteiger partial charge in [-0.2, -0.15) is 0 Å². The molecule has 1 saturated heterocycles. The normalized spacial score (nSPS) is 20.9. The summed E-state index contributed by atoms with van der Waals surface area (Å²) >= 11 is 0. The summed E-state index contributed by atoms with van der Waals surface area (Å²) in [6, 6.07) is 0. The Morgan fingerprint density at radius 3 is 2.57 bits per heavy atom. The number of rotatable bonds is 3. The van der Waals surface area contributed by atoms with Gasteiger partial charge < -0.3 is 15.3 Å². The van der Waals surface area contributed by atoms with Gasteiger partial charge in [0.05, 0.1) is 12.6 Å². The SMILES string of the molecule is CNCC(=O)N1CCC(C(C)O)CC1. The second kappa shape index (κ2) is 5.32. The molecule has 0 aromatic rings. The van der Waals surface area contributed by atoms with E-state index < -0.39 is 0 Å². The smallest absolute Gasteiger partial charge is 0.236 e. The quantitative estimate of drug-likeness (QED) is 0.665. The van der Waals surface area contributed by atoms with Gasteiger partial charge in [0.25, 0.3) is 0 Å². The van der Waals surface area contributed by atoms with Gasteiger partial charge >= 0.3 is 0 Å². The van der Waals surface area contributed by atoms with Gasteiger partial charge in [-0.1, -0.05) is 0 Å². The van der Waals surface area contributed by atoms with Crippen molar-refractivity contribution in [3.63, 3.8) is 0 Å². The summed E-state index contributed by atoms with van der Waals surface area (Å²) in [6.45, 7) is 3.82. The van der Waals surface area contributed by atoms with Gasteiger partial charge in [-0.3, -0.25) is 4.79 Å². The van der Waals surface area contributed by atoms with E-state index in [1.54, 1.807) is 7.05 Å². The van der Waals surface area contributed by atoms with Crippen LogP contribution in [0.4, 0.5) is 0 Å². The van der Waals surface area contributed by atoms with Gasteiger partial charge in [0.2, 0.25) is 5.91 Å². The van der Waals surface area contributed by atoms with Crippen LogP contribution in [0.1, 0.15) is 19.8 Å². The second-order valence-electron chi connectivity index (χ2n) is 3.99. The van der Waals surface area contributed by atoms with Crippen LogP contribution in [0.5, 0.6) is 0 Å². The van der Waals surface area contributed by atoms with Crippen molar-refractivity contribution >= 4 is 5.91 Å². The lowest BCUT2D eigenvalue weighted by Gasteiger charge is -2.33. The molecule has 1 heterocycles. The first-order valence-electron chi connectivity index (χ1n) is 5.25. The number of hydrogen-bond donors (Lipinski definition) is 2. The number of likely N-dealkylation sites (tertiary alicyclic amines) is 1. The van der Waals surface area contributed by atoms with E-state index in [1.807, 2.05) is 11.8 Å². The molecule has 0 spiro atoms. The Bertz CT molecular complexity index is 187. The van der Waals surface area contributed by atoms with E-state index in [2.05, 4.69) is 5.32 Å². The van der Waals surface area contributed by atoms with Crippen LogP contribution in [-0.2, 0) is 4.79 Å². The zero-order chi connectivity index (χ0) is 10.6. The van der Waals surface area contributed by atoms with Gasteiger partial charge in [0, 0.05) is 13.1 Å². The summed E-state index contributed by atoms with van der Waals surface area (Å²) in [5.41, 5.74) is 0. The van der Waals surface area contributed by atoms with Crippen LogP contribution >= 0.6 is 0 Å². The number of aliphatic hydroxyl groups is 1. The zero-order valence-corrected chi connectivity index (χ0v) is 8.99. The molecule has 4 nitrogen and oxygen atoms in total. The fourth-order valence-electron chi connectivity index (χ4n) is 1.89. The molecular formula is C10H20N2O2. The summed E-state index contributed by atoms with van der Waals surface area (Å²) in [4.78, 5) is 13.3. The number of piperidine rings is 1. The molecule has 0 aliphatic carbocycles. The van der Waals surface area contributed by atoms with Crippen molar-refractivity contribution in [2.24, 2.45) is 5.92 Å². The molecule has 1 rings (SSSR count). The van der Waals surface area contributed by atoms with Gasteiger partial charge in [-0.15, -0.1) is 0 Å². The number of hydrogen-bond acceptors (Lipinski definition) is 3. The molecule has 2 N–H and O–H groups in total. The zero-order valence-electron chi connectivity index (χ0n) is 8.99. The molecule has 0 radical (unpaired) electrons. The standard InChI is InChI=1S/C10H20N2O2/c1-8(13)9-3-5-12(6-4-9)10(14)7-11-2/h8-9,11,13H,3-7H2,1-2H3. The second-order valence-corrected chi connectivity index (χ2v) is 3.99. The van der Waals surface area contributed by atoms with E-state index in [0.29, 0.717) is 12.5 Å². The number of nitrogens with zero attached hydrogens (tertiary/aromatic N) is 1. The number of amides is 1. The van der Waals surface area contributed by atoms with Crippen LogP contribution < -0.4 is 5.32 Å². The Hall–Kier alpha value is -0.610. The molecule has 1 aliphatic heterocycles. The van der Waals surface area contributed by atoms with Crippen LogP contribution in [0, 0.1) is 5.92 Å². The highest BCUT2D eigenvalue weighted by molar-refractivity contribution is 5.78. The lowest BCUT2D eigenvalue weighted by molar-refractivity contribution is -0.132. The maximum absolute atomic E-state index is 11.5. The van der Waals surface area contributed by atoms with Gasteiger partial charge in [-0.05, 0) is 32.7 Å². The lowest BCUT2D eigenvalue weighted by Crippen LogP contribution is -2.43. The number of likely N-dealkylation sites (N-methyl/N-ethyl adjacent to an activating group) is 1. The summed E-state index contributed by atoms with van der Waals surface area (Å²) in [6.07, 6.45) is 1.61. The van der Waals surface area contributed by atoms with Crippen molar-refractivity contribution in [3.05, 3.63) is 0 Å². The van der Waals surface area contributed by atoms with Crippen LogP contribution in [0.3, 0.4) is 0 Å². The van der Waals surface area contributed by atoms with Crippen molar-refractivity contribution in [1.29, 1.82) is 0 Å². The topological polar surface area (TPSA) is 52.6 Å². The summed E-state index contributed by atoms with van der Waals surface area (Å²) < 4.78 is 0. The summed E-state index contributed by atoms with van der Waals surface area (Å²) in [5, 5.41) is 12.2. The molecule has 1 fully saturated rings. The number of aliphatic hydroxyl groups excluding tert-OH is 1. The minimum absolute atomic E-state index is 0.163. The molecule has 82 valence electrons. The van der Waals surface area contributed by atoms with Crippen molar-refractivity contribution in [3.8, 4) is 0 Å². The van der Waals surface area contributed by atoms with Crippen LogP contribution in [0.25, 0.3) is 0 Å². The number of carbonyl (C=O) groups is 1. The Labute approximate surface area is 85.3 Å². The Balaban J connectivity index is 2.31. The molecule has 0 aromatic heterocycles. The molecule has 1 unspecified atom stereocenters. The van der Waals surface area contributed by atoms with Gasteiger partial charge in [0.1, 0.15) is 0 Å². The Morgan fingerprint density at radius 1 is 1.57 bits per heavy atom. The maximum Gasteiger partial charge on any atom is 0.236 e. The van der Waals surface area contributed by atoms with Crippen molar-refractivity contribution in [2.45, 2.75) is 25.9 Å². The fraction of sp³-hybridized carbons (Fsp3) is 0.900. The Kier molecular flexibility index (Phi) is 4.35. The van der Waals surface area contributed by atoms with E-state index in [-0.39, 0.29) is 12.0 Å². The highest BCUT2D eigenvalue weighted by Gasteiger charge is 2.24. The summed E-state index contributed by atoms with van der Waals surface area (Å²) in [5.74, 6) is 0.533. The molecule has 0 aromatic carbocycles. The molecule has 1 amide bonds. The third-order valence-corrected chi connectivity index (χ3v) is 2.90. The first-order valence-corrected chi connectivity index (χ1v) is 5.25. The van der Waals surface area contributed by atoms with Gasteiger partial charge in [-0.25, -0.2) is 0 Å². The van der Waals surface area contributed by atoms with E-state index in [9.17, 15) is 9.90 Å². The molecule has 14 heavy (non-hydrogen) atoms. The molecule has 1 atom stereocenters. The van der Waals surface area contributed by atoms with Crippen molar-refractivity contribution in [1.82, 2.24) is 10.2 Å². The van der Waals surface area contributed by atoms with Gasteiger partial charge in [0.15, 0.2) is 0 Å². The maximum atomic E-state index is 11.5. The first kappa shape index (κ1) is 11.5. The minimum atomic E-state index is -0.239. The highest BCUT2D eigenvalue weighted by Crippen LogP contribution is 2.20. The summed E-state index contributed by atoms with van der Waals surface area (Å²) in [7, 11) is 1.78. The van der Waals surface area contributed by atoms with Crippen molar-refractivity contribution in [2.75, 3.05) is 26.7 Å².